The Morgan fingerprint density at radius 3 is 2.85 bits per heavy atom. The van der Waals surface area contributed by atoms with Gasteiger partial charge in [0.25, 0.3) is 0 Å². The van der Waals surface area contributed by atoms with Crippen molar-refractivity contribution in [3.05, 3.63) is 28.5 Å². The maximum absolute atomic E-state index is 13.0. The van der Waals surface area contributed by atoms with Gasteiger partial charge in [-0.05, 0) is 12.1 Å². The number of halogens is 2. The Morgan fingerprint density at radius 2 is 2.31 bits per heavy atom. The Labute approximate surface area is 79.4 Å². The molecule has 0 amide bonds. The highest BCUT2D eigenvalue weighted by molar-refractivity contribution is 6.32. The quantitative estimate of drug-likeness (QED) is 0.455. The third-order valence-corrected chi connectivity index (χ3v) is 1.76. The summed E-state index contributed by atoms with van der Waals surface area (Å²) in [7, 11) is 1.42. The molecule has 0 saturated carbocycles. The number of nitrogens with zero attached hydrogens (tertiary/aromatic N) is 1. The minimum Gasteiger partial charge on any atom is -0.495 e. The van der Waals surface area contributed by atoms with E-state index in [0.29, 0.717) is 5.75 Å². The molecule has 0 fully saturated rings. The van der Waals surface area contributed by atoms with Crippen LogP contribution in [0.15, 0.2) is 17.3 Å². The minimum atomic E-state index is -0.566. The molecule has 5 heteroatoms. The maximum atomic E-state index is 13.0. The second-order valence-corrected chi connectivity index (χ2v) is 2.66. The molecule has 1 N–H and O–H groups in total. The predicted molar refractivity (Wildman–Crippen MR) is 47.3 cm³/mol. The van der Waals surface area contributed by atoms with Crippen LogP contribution in [0.5, 0.6) is 5.75 Å². The molecule has 0 aliphatic rings. The van der Waals surface area contributed by atoms with E-state index in [1.807, 2.05) is 0 Å². The van der Waals surface area contributed by atoms with Crippen LogP contribution < -0.4 is 4.74 Å². The van der Waals surface area contributed by atoms with E-state index in [2.05, 4.69) is 5.16 Å². The Hall–Kier alpha value is -1.29. The molecular weight excluding hydrogens is 197 g/mol. The molecule has 1 aromatic rings. The number of ether oxygens (including phenoxy) is 1. The first kappa shape index (κ1) is 9.80. The highest BCUT2D eigenvalue weighted by Crippen LogP contribution is 2.26. The summed E-state index contributed by atoms with van der Waals surface area (Å²) < 4.78 is 17.9. The zero-order valence-corrected chi connectivity index (χ0v) is 7.55. The second-order valence-electron chi connectivity index (χ2n) is 2.25. The largest absolute Gasteiger partial charge is 0.495 e. The lowest BCUT2D eigenvalue weighted by atomic mass is 10.2. The molecular formula is C8H7ClFNO2. The smallest absolute Gasteiger partial charge is 0.138 e. The van der Waals surface area contributed by atoms with E-state index in [4.69, 9.17) is 21.5 Å². The molecule has 0 spiro atoms. The van der Waals surface area contributed by atoms with E-state index < -0.39 is 5.82 Å². The van der Waals surface area contributed by atoms with Crippen molar-refractivity contribution >= 4 is 17.8 Å². The Bertz CT molecular complexity index is 341. The van der Waals surface area contributed by atoms with E-state index in [0.717, 1.165) is 12.3 Å². The molecule has 0 unspecified atom stereocenters. The third kappa shape index (κ3) is 2.09. The fraction of sp³-hybridized carbons (Fsp3) is 0.125. The number of benzene rings is 1. The fourth-order valence-electron chi connectivity index (χ4n) is 0.862. The van der Waals surface area contributed by atoms with Gasteiger partial charge in [-0.1, -0.05) is 16.8 Å². The molecule has 0 heterocycles. The highest BCUT2D eigenvalue weighted by atomic mass is 35.5. The van der Waals surface area contributed by atoms with Gasteiger partial charge in [-0.2, -0.15) is 0 Å². The summed E-state index contributed by atoms with van der Waals surface area (Å²) in [6, 6.07) is 2.44. The molecule has 0 saturated heterocycles. The van der Waals surface area contributed by atoms with Gasteiger partial charge in [-0.25, -0.2) is 4.39 Å². The molecule has 0 aliphatic carbocycles. The van der Waals surface area contributed by atoms with E-state index in [9.17, 15) is 4.39 Å². The van der Waals surface area contributed by atoms with Gasteiger partial charge in [-0.3, -0.25) is 0 Å². The monoisotopic (exact) mass is 203 g/mol. The van der Waals surface area contributed by atoms with Crippen LogP contribution in [0.25, 0.3) is 0 Å². The van der Waals surface area contributed by atoms with E-state index in [1.165, 1.54) is 13.2 Å². The van der Waals surface area contributed by atoms with Crippen LogP contribution in [0, 0.1) is 5.82 Å². The van der Waals surface area contributed by atoms with Crippen molar-refractivity contribution in [1.29, 1.82) is 0 Å². The van der Waals surface area contributed by atoms with Crippen LogP contribution in [0.2, 0.25) is 5.02 Å². The second kappa shape index (κ2) is 4.09. The van der Waals surface area contributed by atoms with Crippen LogP contribution in [0.3, 0.4) is 0 Å². The Morgan fingerprint density at radius 1 is 1.62 bits per heavy atom. The van der Waals surface area contributed by atoms with Gasteiger partial charge in [0, 0.05) is 5.56 Å². The molecule has 1 aromatic carbocycles. The molecule has 0 radical (unpaired) electrons. The zero-order chi connectivity index (χ0) is 9.84. The molecule has 0 aromatic heterocycles. The van der Waals surface area contributed by atoms with Gasteiger partial charge in [0.15, 0.2) is 0 Å². The van der Waals surface area contributed by atoms with Crippen molar-refractivity contribution in [2.24, 2.45) is 5.16 Å². The van der Waals surface area contributed by atoms with Crippen LogP contribution in [0.4, 0.5) is 4.39 Å². The maximum Gasteiger partial charge on any atom is 0.138 e. The molecule has 0 bridgehead atoms. The number of rotatable bonds is 2. The van der Waals surface area contributed by atoms with Crippen LogP contribution in [-0.4, -0.2) is 18.5 Å². The zero-order valence-electron chi connectivity index (χ0n) is 6.79. The molecule has 0 atom stereocenters. The van der Waals surface area contributed by atoms with Crippen LogP contribution in [0.1, 0.15) is 5.56 Å². The summed E-state index contributed by atoms with van der Waals surface area (Å²) >= 11 is 5.63. The molecule has 13 heavy (non-hydrogen) atoms. The van der Waals surface area contributed by atoms with Gasteiger partial charge >= 0.3 is 0 Å². The molecule has 0 aliphatic heterocycles. The summed E-state index contributed by atoms with van der Waals surface area (Å²) in [5.41, 5.74) is 0.115. The van der Waals surface area contributed by atoms with Crippen molar-refractivity contribution in [1.82, 2.24) is 0 Å². The molecule has 1 rings (SSSR count). The summed E-state index contributed by atoms with van der Waals surface area (Å²) in [5.74, 6) is -0.235. The third-order valence-electron chi connectivity index (χ3n) is 1.47. The average Bonchev–Trinajstić information content (AvgIpc) is 2.10. The van der Waals surface area contributed by atoms with Crippen LogP contribution >= 0.6 is 11.6 Å². The topological polar surface area (TPSA) is 41.8 Å². The minimum absolute atomic E-state index is 0.115. The Kier molecular flexibility index (Phi) is 3.08. The van der Waals surface area contributed by atoms with Gasteiger partial charge in [0.1, 0.15) is 11.6 Å². The van der Waals surface area contributed by atoms with Gasteiger partial charge in [0.05, 0.1) is 18.3 Å². The highest BCUT2D eigenvalue weighted by Gasteiger charge is 2.07. The summed E-state index contributed by atoms with van der Waals surface area (Å²) in [4.78, 5) is 0. The normalized spacial score (nSPS) is 10.7. The predicted octanol–water partition coefficient (Wildman–Crippen LogP) is 2.30. The molecule has 70 valence electrons. The van der Waals surface area contributed by atoms with Crippen molar-refractivity contribution < 1.29 is 14.3 Å². The first-order valence-corrected chi connectivity index (χ1v) is 3.77. The van der Waals surface area contributed by atoms with Crippen molar-refractivity contribution in [3.63, 3.8) is 0 Å². The first-order chi connectivity index (χ1) is 6.19. The van der Waals surface area contributed by atoms with Gasteiger partial charge < -0.3 is 9.94 Å². The summed E-state index contributed by atoms with van der Waals surface area (Å²) in [6.45, 7) is 0. The lowest BCUT2D eigenvalue weighted by molar-refractivity contribution is 0.321. The summed E-state index contributed by atoms with van der Waals surface area (Å²) in [6.07, 6.45) is 0.966. The van der Waals surface area contributed by atoms with Crippen molar-refractivity contribution in [2.45, 2.75) is 0 Å². The van der Waals surface area contributed by atoms with E-state index in [1.54, 1.807) is 0 Å². The standard InChI is InChI=1S/C8H7ClFNO2/c1-13-8-2-5(4-11-12)7(10)3-6(8)9/h2-4,12H,1H3. The lowest BCUT2D eigenvalue weighted by Crippen LogP contribution is -1.92. The number of hydrogen-bond donors (Lipinski definition) is 1. The Balaban J connectivity index is 3.22. The lowest BCUT2D eigenvalue weighted by Gasteiger charge is -2.04. The van der Waals surface area contributed by atoms with E-state index >= 15 is 0 Å². The summed E-state index contributed by atoms with van der Waals surface area (Å²) in [5, 5.41) is 11.1. The first-order valence-electron chi connectivity index (χ1n) is 3.39. The number of oxime groups is 1. The van der Waals surface area contributed by atoms with Gasteiger partial charge in [-0.15, -0.1) is 0 Å². The fourth-order valence-corrected chi connectivity index (χ4v) is 1.09. The van der Waals surface area contributed by atoms with Crippen molar-refractivity contribution in [3.8, 4) is 5.75 Å². The van der Waals surface area contributed by atoms with Crippen molar-refractivity contribution in [2.75, 3.05) is 7.11 Å². The molecule has 3 nitrogen and oxygen atoms in total. The SMILES string of the molecule is COc1cc(C=NO)c(F)cc1Cl. The number of methoxy groups -OCH3 is 1. The van der Waals surface area contributed by atoms with E-state index in [-0.39, 0.29) is 10.6 Å². The van der Waals surface area contributed by atoms with Gasteiger partial charge in [0.2, 0.25) is 0 Å². The van der Waals surface area contributed by atoms with Crippen LogP contribution in [-0.2, 0) is 0 Å². The number of hydrogen-bond acceptors (Lipinski definition) is 3. The average molecular weight is 204 g/mol.